The summed E-state index contributed by atoms with van der Waals surface area (Å²) in [5.41, 5.74) is 0.584. The van der Waals surface area contributed by atoms with Crippen molar-refractivity contribution < 1.29 is 17.9 Å². The zero-order chi connectivity index (χ0) is 19.3. The normalized spacial score (nSPS) is 17.3. The van der Waals surface area contributed by atoms with E-state index >= 15 is 0 Å². The first-order chi connectivity index (χ1) is 12.9. The molecule has 27 heavy (non-hydrogen) atoms. The lowest BCUT2D eigenvalue weighted by Crippen LogP contribution is -2.37. The van der Waals surface area contributed by atoms with Gasteiger partial charge in [-0.3, -0.25) is 9.69 Å². The van der Waals surface area contributed by atoms with Gasteiger partial charge in [-0.15, -0.1) is 11.3 Å². The number of carbonyl (C=O) groups excluding carboxylic acids is 1. The van der Waals surface area contributed by atoms with Crippen molar-refractivity contribution in [3.05, 3.63) is 46.7 Å². The summed E-state index contributed by atoms with van der Waals surface area (Å²) in [5, 5.41) is 4.87. The fraction of sp³-hybridized carbons (Fsp3) is 0.421. The highest BCUT2D eigenvalue weighted by atomic mass is 32.2. The summed E-state index contributed by atoms with van der Waals surface area (Å²) in [6.45, 7) is 2.47. The molecule has 146 valence electrons. The third-order valence-electron chi connectivity index (χ3n) is 4.38. The molecule has 8 heteroatoms. The van der Waals surface area contributed by atoms with Gasteiger partial charge in [-0.05, 0) is 48.6 Å². The van der Waals surface area contributed by atoms with E-state index in [1.54, 1.807) is 23.5 Å². The summed E-state index contributed by atoms with van der Waals surface area (Å²) in [6.07, 6.45) is 3.42. The Labute approximate surface area is 164 Å². The van der Waals surface area contributed by atoms with Gasteiger partial charge in [0.05, 0.1) is 17.5 Å². The third kappa shape index (κ3) is 6.14. The van der Waals surface area contributed by atoms with Gasteiger partial charge in [0, 0.05) is 36.5 Å². The van der Waals surface area contributed by atoms with Crippen molar-refractivity contribution >= 4 is 32.8 Å². The number of thiophene rings is 1. The third-order valence-corrected chi connectivity index (χ3v) is 6.37. The van der Waals surface area contributed by atoms with E-state index in [-0.39, 0.29) is 23.5 Å². The Hall–Kier alpha value is -1.74. The van der Waals surface area contributed by atoms with Gasteiger partial charge in [0.25, 0.3) is 0 Å². The SMILES string of the molecule is CS(=O)(=O)c1ccc(NC(=O)CN(Cc2cccs2)CC2CCCO2)cc1. The number of nitrogens with zero attached hydrogens (tertiary/aromatic N) is 1. The molecule has 0 aliphatic carbocycles. The molecule has 2 heterocycles. The van der Waals surface area contributed by atoms with Gasteiger partial charge in [0.2, 0.25) is 5.91 Å². The van der Waals surface area contributed by atoms with Crippen LogP contribution in [-0.4, -0.2) is 51.3 Å². The summed E-state index contributed by atoms with van der Waals surface area (Å²) >= 11 is 1.67. The molecule has 1 aliphatic heterocycles. The first kappa shape index (κ1) is 20.0. The molecule has 1 aliphatic rings. The van der Waals surface area contributed by atoms with Crippen molar-refractivity contribution in [2.24, 2.45) is 0 Å². The zero-order valence-electron chi connectivity index (χ0n) is 15.3. The number of amides is 1. The molecule has 0 saturated carbocycles. The minimum absolute atomic E-state index is 0.128. The summed E-state index contributed by atoms with van der Waals surface area (Å²) < 4.78 is 28.8. The molecule has 1 aromatic heterocycles. The van der Waals surface area contributed by atoms with Crippen LogP contribution in [0.2, 0.25) is 0 Å². The first-order valence-corrected chi connectivity index (χ1v) is 11.6. The van der Waals surface area contributed by atoms with E-state index in [0.29, 0.717) is 12.2 Å². The van der Waals surface area contributed by atoms with E-state index in [2.05, 4.69) is 16.3 Å². The van der Waals surface area contributed by atoms with Crippen LogP contribution in [0.25, 0.3) is 0 Å². The average Bonchev–Trinajstić information content (AvgIpc) is 3.28. The van der Waals surface area contributed by atoms with Crippen molar-refractivity contribution in [3.63, 3.8) is 0 Å². The van der Waals surface area contributed by atoms with Crippen LogP contribution in [0.5, 0.6) is 0 Å². The highest BCUT2D eigenvalue weighted by Crippen LogP contribution is 2.18. The lowest BCUT2D eigenvalue weighted by atomic mass is 10.2. The van der Waals surface area contributed by atoms with Crippen LogP contribution in [-0.2, 0) is 25.9 Å². The molecule has 1 amide bonds. The van der Waals surface area contributed by atoms with E-state index in [0.717, 1.165) is 32.2 Å². The topological polar surface area (TPSA) is 75.7 Å². The molecule has 0 bridgehead atoms. The Balaban J connectivity index is 1.60. The number of sulfone groups is 1. The van der Waals surface area contributed by atoms with Crippen molar-refractivity contribution in [3.8, 4) is 0 Å². The number of rotatable bonds is 8. The smallest absolute Gasteiger partial charge is 0.238 e. The minimum Gasteiger partial charge on any atom is -0.377 e. The van der Waals surface area contributed by atoms with E-state index in [4.69, 9.17) is 4.74 Å². The van der Waals surface area contributed by atoms with Gasteiger partial charge in [0.1, 0.15) is 0 Å². The second kappa shape index (κ2) is 8.97. The van der Waals surface area contributed by atoms with E-state index in [1.165, 1.54) is 17.0 Å². The molecule has 6 nitrogen and oxygen atoms in total. The minimum atomic E-state index is -3.24. The molecule has 1 atom stereocenters. The molecule has 0 spiro atoms. The molecule has 1 N–H and O–H groups in total. The van der Waals surface area contributed by atoms with Gasteiger partial charge < -0.3 is 10.1 Å². The molecular weight excluding hydrogens is 384 g/mol. The first-order valence-electron chi connectivity index (χ1n) is 8.86. The van der Waals surface area contributed by atoms with Crippen molar-refractivity contribution in [2.45, 2.75) is 30.4 Å². The maximum Gasteiger partial charge on any atom is 0.238 e. The van der Waals surface area contributed by atoms with Crippen LogP contribution in [0, 0.1) is 0 Å². The summed E-state index contributed by atoms with van der Waals surface area (Å²) in [5.74, 6) is -0.128. The monoisotopic (exact) mass is 408 g/mol. The van der Waals surface area contributed by atoms with Gasteiger partial charge in [-0.1, -0.05) is 6.07 Å². The standard InChI is InChI=1S/C19H24N2O4S2/c1-27(23,24)18-8-6-15(7-9-18)20-19(22)14-21(12-16-4-2-10-25-16)13-17-5-3-11-26-17/h3,5-9,11,16H,2,4,10,12-14H2,1H3,(H,20,22). The fourth-order valence-electron chi connectivity index (χ4n) is 3.07. The van der Waals surface area contributed by atoms with Crippen molar-refractivity contribution in [1.29, 1.82) is 0 Å². The second-order valence-corrected chi connectivity index (χ2v) is 9.78. The van der Waals surface area contributed by atoms with Crippen LogP contribution in [0.1, 0.15) is 17.7 Å². The highest BCUT2D eigenvalue weighted by molar-refractivity contribution is 7.90. The quantitative estimate of drug-likeness (QED) is 0.727. The Morgan fingerprint density at radius 2 is 2.07 bits per heavy atom. The Kier molecular flexibility index (Phi) is 6.64. The van der Waals surface area contributed by atoms with E-state index < -0.39 is 9.84 Å². The molecule has 2 aromatic rings. The molecule has 1 unspecified atom stereocenters. The predicted molar refractivity (Wildman–Crippen MR) is 107 cm³/mol. The molecule has 0 radical (unpaired) electrons. The molecule has 1 fully saturated rings. The number of hydrogen-bond acceptors (Lipinski definition) is 6. The largest absolute Gasteiger partial charge is 0.377 e. The van der Waals surface area contributed by atoms with Gasteiger partial charge in [0.15, 0.2) is 9.84 Å². The van der Waals surface area contributed by atoms with Crippen LogP contribution in [0.4, 0.5) is 5.69 Å². The predicted octanol–water partition coefficient (Wildman–Crippen LogP) is 2.77. The second-order valence-electron chi connectivity index (χ2n) is 6.73. The van der Waals surface area contributed by atoms with Gasteiger partial charge in [-0.25, -0.2) is 8.42 Å². The Morgan fingerprint density at radius 3 is 2.67 bits per heavy atom. The van der Waals surface area contributed by atoms with Crippen molar-refractivity contribution in [2.75, 3.05) is 31.3 Å². The Morgan fingerprint density at radius 1 is 1.30 bits per heavy atom. The van der Waals surface area contributed by atoms with E-state index in [9.17, 15) is 13.2 Å². The Bertz CT molecular complexity index is 842. The van der Waals surface area contributed by atoms with Crippen molar-refractivity contribution in [1.82, 2.24) is 4.90 Å². The lowest BCUT2D eigenvalue weighted by Gasteiger charge is -2.24. The summed E-state index contributed by atoms with van der Waals surface area (Å²) in [4.78, 5) is 16.0. The van der Waals surface area contributed by atoms with E-state index in [1.807, 2.05) is 11.4 Å². The molecule has 1 saturated heterocycles. The molecular formula is C19H24N2O4S2. The highest BCUT2D eigenvalue weighted by Gasteiger charge is 2.21. The lowest BCUT2D eigenvalue weighted by molar-refractivity contribution is -0.117. The number of ether oxygens (including phenoxy) is 1. The number of hydrogen-bond donors (Lipinski definition) is 1. The van der Waals surface area contributed by atoms with Crippen LogP contribution in [0.15, 0.2) is 46.7 Å². The summed E-state index contributed by atoms with van der Waals surface area (Å²) in [6, 6.07) is 10.3. The number of benzene rings is 1. The maximum atomic E-state index is 12.5. The summed E-state index contributed by atoms with van der Waals surface area (Å²) in [7, 11) is -3.24. The van der Waals surface area contributed by atoms with Crippen LogP contribution < -0.4 is 5.32 Å². The maximum absolute atomic E-state index is 12.5. The number of carbonyl (C=O) groups is 1. The van der Waals surface area contributed by atoms with Gasteiger partial charge in [-0.2, -0.15) is 0 Å². The van der Waals surface area contributed by atoms with Gasteiger partial charge >= 0.3 is 0 Å². The molecule has 1 aromatic carbocycles. The fourth-order valence-corrected chi connectivity index (χ4v) is 4.45. The molecule has 3 rings (SSSR count). The number of anilines is 1. The zero-order valence-corrected chi connectivity index (χ0v) is 16.9. The van der Waals surface area contributed by atoms with Crippen LogP contribution >= 0.6 is 11.3 Å². The number of nitrogens with one attached hydrogen (secondary N) is 1. The van der Waals surface area contributed by atoms with Crippen LogP contribution in [0.3, 0.4) is 0 Å². The average molecular weight is 409 g/mol.